The number of hydrogen-bond donors (Lipinski definition) is 2. The Morgan fingerprint density at radius 3 is 2.76 bits per heavy atom. The zero-order chi connectivity index (χ0) is 20.4. The Bertz CT molecular complexity index is 1300. The maximum absolute atomic E-state index is 12.5. The molecule has 0 unspecified atom stereocenters. The normalized spacial score (nSPS) is 11.4. The molecule has 4 rings (SSSR count). The number of halogens is 1. The quantitative estimate of drug-likeness (QED) is 0.387. The van der Waals surface area contributed by atoms with Gasteiger partial charge in [0.2, 0.25) is 5.95 Å². The van der Waals surface area contributed by atoms with Crippen molar-refractivity contribution in [2.45, 2.75) is 6.54 Å². The average Bonchev–Trinajstić information content (AvgIpc) is 3.08. The number of H-pyrrole nitrogens is 1. The first-order valence-corrected chi connectivity index (χ1v) is 9.04. The molecule has 2 N–H and O–H groups in total. The Morgan fingerprint density at radius 2 is 2.03 bits per heavy atom. The second-order valence-corrected chi connectivity index (χ2v) is 6.73. The van der Waals surface area contributed by atoms with E-state index in [0.29, 0.717) is 17.5 Å². The summed E-state index contributed by atoms with van der Waals surface area (Å²) in [6.07, 6.45) is 4.92. The SMILES string of the molecule is Cn1c(=O)[nH]c(=O)c2c1nc(NN=Cc1cccnc1)n2Cc1ccc(Cl)cc1. The molecule has 0 atom stereocenters. The minimum atomic E-state index is -0.538. The number of rotatable bonds is 5. The van der Waals surface area contributed by atoms with Crippen molar-refractivity contribution in [2.24, 2.45) is 12.1 Å². The molecule has 146 valence electrons. The number of benzene rings is 1. The lowest BCUT2D eigenvalue weighted by atomic mass is 10.2. The minimum Gasteiger partial charge on any atom is -0.298 e. The molecular weight excluding hydrogens is 394 g/mol. The van der Waals surface area contributed by atoms with Gasteiger partial charge in [-0.2, -0.15) is 10.1 Å². The van der Waals surface area contributed by atoms with Gasteiger partial charge in [0.1, 0.15) is 0 Å². The number of anilines is 1. The standard InChI is InChI=1S/C19H16ClN7O2/c1-26-16-15(17(28)24-19(26)29)27(11-12-4-6-14(20)7-5-12)18(23-16)25-22-10-13-3-2-8-21-9-13/h2-10H,11H2,1H3,(H,23,25)(H,24,28,29). The van der Waals surface area contributed by atoms with Gasteiger partial charge >= 0.3 is 5.69 Å². The van der Waals surface area contributed by atoms with Gasteiger partial charge in [-0.25, -0.2) is 10.2 Å². The second-order valence-electron chi connectivity index (χ2n) is 6.29. The molecule has 4 aromatic rings. The maximum atomic E-state index is 12.5. The van der Waals surface area contributed by atoms with Gasteiger partial charge < -0.3 is 0 Å². The third-order valence-corrected chi connectivity index (χ3v) is 4.58. The van der Waals surface area contributed by atoms with Gasteiger partial charge in [-0.15, -0.1) is 0 Å². The Kier molecular flexibility index (Phi) is 4.96. The number of pyridine rings is 1. The van der Waals surface area contributed by atoms with Crippen LogP contribution in [0.4, 0.5) is 5.95 Å². The predicted octanol–water partition coefficient (Wildman–Crippen LogP) is 1.97. The third kappa shape index (κ3) is 3.81. The fraction of sp³-hybridized carbons (Fsp3) is 0.105. The summed E-state index contributed by atoms with van der Waals surface area (Å²) in [6, 6.07) is 10.9. The molecule has 0 spiro atoms. The zero-order valence-electron chi connectivity index (χ0n) is 15.3. The Hall–Kier alpha value is -3.72. The van der Waals surface area contributed by atoms with Crippen LogP contribution in [0.1, 0.15) is 11.1 Å². The molecule has 1 aromatic carbocycles. The van der Waals surface area contributed by atoms with Crippen LogP contribution in [0.25, 0.3) is 11.2 Å². The van der Waals surface area contributed by atoms with Crippen molar-refractivity contribution in [2.75, 3.05) is 5.43 Å². The molecule has 0 bridgehead atoms. The number of nitrogens with zero attached hydrogens (tertiary/aromatic N) is 5. The molecule has 29 heavy (non-hydrogen) atoms. The molecule has 0 aliphatic heterocycles. The smallest absolute Gasteiger partial charge is 0.298 e. The summed E-state index contributed by atoms with van der Waals surface area (Å²) in [5.41, 5.74) is 4.02. The van der Waals surface area contributed by atoms with Crippen molar-refractivity contribution in [3.8, 4) is 0 Å². The van der Waals surface area contributed by atoms with Crippen LogP contribution >= 0.6 is 11.6 Å². The van der Waals surface area contributed by atoms with Crippen LogP contribution in [0.2, 0.25) is 5.02 Å². The summed E-state index contributed by atoms with van der Waals surface area (Å²) in [4.78, 5) is 35.2. The molecule has 0 amide bonds. The van der Waals surface area contributed by atoms with Crippen molar-refractivity contribution in [1.29, 1.82) is 0 Å². The van der Waals surface area contributed by atoms with Crippen molar-refractivity contribution >= 4 is 34.9 Å². The summed E-state index contributed by atoms with van der Waals surface area (Å²) < 4.78 is 2.95. The summed E-state index contributed by atoms with van der Waals surface area (Å²) in [7, 11) is 1.54. The van der Waals surface area contributed by atoms with E-state index in [4.69, 9.17) is 11.6 Å². The van der Waals surface area contributed by atoms with Crippen molar-refractivity contribution in [3.05, 3.63) is 85.8 Å². The van der Waals surface area contributed by atoms with Crippen molar-refractivity contribution < 1.29 is 0 Å². The number of aromatic amines is 1. The average molecular weight is 410 g/mol. The van der Waals surface area contributed by atoms with Crippen LogP contribution in [0.15, 0.2) is 63.5 Å². The van der Waals surface area contributed by atoms with E-state index in [1.165, 1.54) is 4.57 Å². The highest BCUT2D eigenvalue weighted by atomic mass is 35.5. The maximum Gasteiger partial charge on any atom is 0.329 e. The largest absolute Gasteiger partial charge is 0.329 e. The molecule has 0 fully saturated rings. The van der Waals surface area contributed by atoms with E-state index in [2.05, 4.69) is 25.5 Å². The number of aryl methyl sites for hydroxylation is 1. The van der Waals surface area contributed by atoms with E-state index in [-0.39, 0.29) is 11.2 Å². The Balaban J connectivity index is 1.79. The van der Waals surface area contributed by atoms with Gasteiger partial charge in [-0.3, -0.25) is 23.9 Å². The molecule has 10 heteroatoms. The molecule has 3 heterocycles. The van der Waals surface area contributed by atoms with E-state index in [1.807, 2.05) is 18.2 Å². The van der Waals surface area contributed by atoms with E-state index in [9.17, 15) is 9.59 Å². The van der Waals surface area contributed by atoms with Gasteiger partial charge in [0.05, 0.1) is 12.8 Å². The van der Waals surface area contributed by atoms with Gasteiger partial charge in [0.25, 0.3) is 5.56 Å². The first kappa shape index (κ1) is 18.6. The highest BCUT2D eigenvalue weighted by molar-refractivity contribution is 6.30. The van der Waals surface area contributed by atoms with Gasteiger partial charge in [-0.1, -0.05) is 29.8 Å². The predicted molar refractivity (Wildman–Crippen MR) is 112 cm³/mol. The number of hydrazone groups is 1. The van der Waals surface area contributed by atoms with Crippen LogP contribution in [-0.2, 0) is 13.6 Å². The molecule has 3 aromatic heterocycles. The van der Waals surface area contributed by atoms with Crippen LogP contribution in [0, 0.1) is 0 Å². The lowest BCUT2D eigenvalue weighted by molar-refractivity contribution is 0.808. The van der Waals surface area contributed by atoms with E-state index >= 15 is 0 Å². The van der Waals surface area contributed by atoms with Crippen molar-refractivity contribution in [1.82, 2.24) is 24.1 Å². The third-order valence-electron chi connectivity index (χ3n) is 4.32. The van der Waals surface area contributed by atoms with Crippen molar-refractivity contribution in [3.63, 3.8) is 0 Å². The fourth-order valence-corrected chi connectivity index (χ4v) is 2.99. The molecule has 0 aliphatic rings. The number of imidazole rings is 1. The fourth-order valence-electron chi connectivity index (χ4n) is 2.86. The lowest BCUT2D eigenvalue weighted by Gasteiger charge is -2.08. The van der Waals surface area contributed by atoms with E-state index in [1.54, 1.807) is 48.4 Å². The van der Waals surface area contributed by atoms with Gasteiger partial charge in [0.15, 0.2) is 11.2 Å². The first-order valence-electron chi connectivity index (χ1n) is 8.66. The Morgan fingerprint density at radius 1 is 1.24 bits per heavy atom. The Labute approximate surface area is 169 Å². The van der Waals surface area contributed by atoms with Crippen LogP contribution in [-0.4, -0.2) is 30.3 Å². The lowest BCUT2D eigenvalue weighted by Crippen LogP contribution is -2.29. The monoisotopic (exact) mass is 409 g/mol. The summed E-state index contributed by atoms with van der Waals surface area (Å²) in [5, 5.41) is 4.80. The molecule has 0 radical (unpaired) electrons. The zero-order valence-corrected chi connectivity index (χ0v) is 16.1. The first-order chi connectivity index (χ1) is 14.0. The number of hydrogen-bond acceptors (Lipinski definition) is 6. The number of fused-ring (bicyclic) bond motifs is 1. The van der Waals surface area contributed by atoms with Crippen LogP contribution in [0.5, 0.6) is 0 Å². The number of aromatic nitrogens is 5. The minimum absolute atomic E-state index is 0.256. The molecule has 0 saturated carbocycles. The summed E-state index contributed by atoms with van der Waals surface area (Å²) in [5.74, 6) is 0.321. The summed E-state index contributed by atoms with van der Waals surface area (Å²) in [6.45, 7) is 0.333. The van der Waals surface area contributed by atoms with E-state index in [0.717, 1.165) is 11.1 Å². The topological polar surface area (TPSA) is 110 Å². The molecule has 9 nitrogen and oxygen atoms in total. The van der Waals surface area contributed by atoms with E-state index < -0.39 is 11.2 Å². The van der Waals surface area contributed by atoms with Crippen LogP contribution < -0.4 is 16.7 Å². The van der Waals surface area contributed by atoms with Gasteiger partial charge in [-0.05, 0) is 23.8 Å². The summed E-state index contributed by atoms with van der Waals surface area (Å²) >= 11 is 5.96. The number of nitrogens with one attached hydrogen (secondary N) is 2. The van der Waals surface area contributed by atoms with Gasteiger partial charge in [0, 0.05) is 30.0 Å². The molecular formula is C19H16ClN7O2. The second kappa shape index (κ2) is 7.72. The highest BCUT2D eigenvalue weighted by Crippen LogP contribution is 2.19. The molecule has 0 aliphatic carbocycles. The van der Waals surface area contributed by atoms with Crippen LogP contribution in [0.3, 0.4) is 0 Å². The molecule has 0 saturated heterocycles. The highest BCUT2D eigenvalue weighted by Gasteiger charge is 2.17.